The Hall–Kier alpha value is -3.32. The van der Waals surface area contributed by atoms with E-state index in [4.69, 9.17) is 0 Å². The normalized spacial score (nSPS) is 18.3. The van der Waals surface area contributed by atoms with Gasteiger partial charge in [0.15, 0.2) is 0 Å². The number of aryl methyl sites for hydroxylation is 1. The highest BCUT2D eigenvalue weighted by Gasteiger charge is 2.31. The SMILES string of the molecule is C=C(C)Cc1ccc(C)cc1.C=C(C)c1ccc(C2=CCC3CN(C(=C)/C(C)=C/C)CC=C3C2C)cc1.CC. The molecule has 1 nitrogen and oxygen atoms in total. The minimum absolute atomic E-state index is 0.489. The fraction of sp³-hybridized carbons (Fsp3) is 0.368. The van der Waals surface area contributed by atoms with Crippen LogP contribution in [0.4, 0.5) is 0 Å². The molecular formula is C38H51N. The number of hydrogen-bond acceptors (Lipinski definition) is 1. The molecule has 2 unspecified atom stereocenters. The Bertz CT molecular complexity index is 1210. The third-order valence-corrected chi connectivity index (χ3v) is 7.66. The van der Waals surface area contributed by atoms with Gasteiger partial charge in [-0.1, -0.05) is 130 Å². The summed E-state index contributed by atoms with van der Waals surface area (Å²) in [5, 5.41) is 0. The van der Waals surface area contributed by atoms with E-state index in [-0.39, 0.29) is 0 Å². The molecule has 1 aliphatic heterocycles. The Kier molecular flexibility index (Phi) is 12.5. The molecule has 2 aliphatic rings. The highest BCUT2D eigenvalue weighted by atomic mass is 15.1. The maximum atomic E-state index is 4.30. The Balaban J connectivity index is 0.000000343. The molecule has 0 spiro atoms. The van der Waals surface area contributed by atoms with Gasteiger partial charge in [0.05, 0.1) is 0 Å². The van der Waals surface area contributed by atoms with E-state index >= 15 is 0 Å². The van der Waals surface area contributed by atoms with Gasteiger partial charge in [-0.3, -0.25) is 0 Å². The lowest BCUT2D eigenvalue weighted by Gasteiger charge is -2.40. The highest BCUT2D eigenvalue weighted by Crippen LogP contribution is 2.42. The van der Waals surface area contributed by atoms with Gasteiger partial charge in [0.1, 0.15) is 0 Å². The number of hydrogen-bond donors (Lipinski definition) is 0. The highest BCUT2D eigenvalue weighted by molar-refractivity contribution is 5.73. The van der Waals surface area contributed by atoms with Crippen molar-refractivity contribution in [3.63, 3.8) is 0 Å². The summed E-state index contributed by atoms with van der Waals surface area (Å²) in [6, 6.07) is 17.5. The molecule has 0 saturated carbocycles. The van der Waals surface area contributed by atoms with Crippen molar-refractivity contribution in [2.24, 2.45) is 11.8 Å². The largest absolute Gasteiger partial charge is 0.367 e. The van der Waals surface area contributed by atoms with Gasteiger partial charge in [0.25, 0.3) is 0 Å². The summed E-state index contributed by atoms with van der Waals surface area (Å²) in [5.74, 6) is 1.10. The molecule has 0 bridgehead atoms. The van der Waals surface area contributed by atoms with E-state index in [0.717, 1.165) is 31.5 Å². The molecule has 1 aliphatic carbocycles. The molecule has 0 radical (unpaired) electrons. The summed E-state index contributed by atoms with van der Waals surface area (Å²) in [5.41, 5.74) is 13.1. The first-order valence-corrected chi connectivity index (χ1v) is 14.5. The van der Waals surface area contributed by atoms with Gasteiger partial charge in [0.2, 0.25) is 0 Å². The molecule has 1 heterocycles. The van der Waals surface area contributed by atoms with Crippen LogP contribution in [-0.4, -0.2) is 18.0 Å². The van der Waals surface area contributed by atoms with E-state index in [9.17, 15) is 0 Å². The van der Waals surface area contributed by atoms with Crippen LogP contribution in [-0.2, 0) is 6.42 Å². The standard InChI is InChI=1S/C25H31N.C11H14.C2H6/c1-7-18(4)20(6)26-15-14-25-19(5)24(13-12-23(25)16-26)22-10-8-21(9-11-22)17(2)3;1-9(2)8-11-6-4-10(3)5-7-11;1-2/h7-11,13-14,19,23H,2,6,12,15-16H2,1,3-5H3;4-7H,1,8H2,2-3H3;1-2H3/b18-7+;;. The molecule has 208 valence electrons. The first-order valence-electron chi connectivity index (χ1n) is 14.5. The Morgan fingerprint density at radius 2 is 1.54 bits per heavy atom. The van der Waals surface area contributed by atoms with E-state index in [1.165, 1.54) is 44.7 Å². The average molecular weight is 522 g/mol. The summed E-state index contributed by atoms with van der Waals surface area (Å²) >= 11 is 0. The number of rotatable bonds is 6. The van der Waals surface area contributed by atoms with Gasteiger partial charge >= 0.3 is 0 Å². The lowest BCUT2D eigenvalue weighted by Crippen LogP contribution is -2.37. The lowest BCUT2D eigenvalue weighted by atomic mass is 9.73. The second kappa shape index (κ2) is 15.3. The first-order chi connectivity index (χ1) is 18.6. The van der Waals surface area contributed by atoms with Gasteiger partial charge in [-0.25, -0.2) is 0 Å². The van der Waals surface area contributed by atoms with E-state index < -0.39 is 0 Å². The topological polar surface area (TPSA) is 3.24 Å². The van der Waals surface area contributed by atoms with Crippen LogP contribution < -0.4 is 0 Å². The van der Waals surface area contributed by atoms with Crippen LogP contribution in [0.15, 0.2) is 109 Å². The maximum absolute atomic E-state index is 4.30. The van der Waals surface area contributed by atoms with Crippen molar-refractivity contribution in [3.05, 3.63) is 131 Å². The van der Waals surface area contributed by atoms with Crippen LogP contribution in [0.1, 0.15) is 77.1 Å². The van der Waals surface area contributed by atoms with Crippen molar-refractivity contribution in [2.45, 2.75) is 68.2 Å². The van der Waals surface area contributed by atoms with Crippen LogP contribution in [0.5, 0.6) is 0 Å². The smallest absolute Gasteiger partial charge is 0.0362 e. The molecule has 39 heavy (non-hydrogen) atoms. The number of fused-ring (bicyclic) bond motifs is 1. The summed E-state index contributed by atoms with van der Waals surface area (Å²) < 4.78 is 0. The molecule has 2 atom stereocenters. The zero-order valence-corrected chi connectivity index (χ0v) is 25.9. The third kappa shape index (κ3) is 8.85. The van der Waals surface area contributed by atoms with Gasteiger partial charge in [-0.05, 0) is 75.3 Å². The van der Waals surface area contributed by atoms with E-state index in [0.29, 0.717) is 11.8 Å². The van der Waals surface area contributed by atoms with Crippen molar-refractivity contribution in [2.75, 3.05) is 13.1 Å². The second-order valence-electron chi connectivity index (χ2n) is 10.8. The van der Waals surface area contributed by atoms with Crippen LogP contribution in [0.25, 0.3) is 11.1 Å². The zero-order valence-electron chi connectivity index (χ0n) is 25.9. The molecule has 4 rings (SSSR count). The molecule has 2 aromatic rings. The summed E-state index contributed by atoms with van der Waals surface area (Å²) in [7, 11) is 0. The van der Waals surface area contributed by atoms with Crippen molar-refractivity contribution in [1.29, 1.82) is 0 Å². The van der Waals surface area contributed by atoms with Gasteiger partial charge in [-0.15, -0.1) is 0 Å². The minimum atomic E-state index is 0.489. The van der Waals surface area contributed by atoms with E-state index in [2.05, 4.69) is 133 Å². The van der Waals surface area contributed by atoms with Crippen molar-refractivity contribution in [1.82, 2.24) is 4.90 Å². The number of allylic oxidation sites excluding steroid dienone is 6. The fourth-order valence-corrected chi connectivity index (χ4v) is 5.20. The summed E-state index contributed by atoms with van der Waals surface area (Å²) in [6.45, 7) is 31.1. The Labute approximate surface area is 240 Å². The fourth-order valence-electron chi connectivity index (χ4n) is 5.20. The van der Waals surface area contributed by atoms with Crippen molar-refractivity contribution >= 4 is 11.1 Å². The molecule has 0 N–H and O–H groups in total. The van der Waals surface area contributed by atoms with Crippen LogP contribution in [0.3, 0.4) is 0 Å². The number of nitrogens with zero attached hydrogens (tertiary/aromatic N) is 1. The van der Waals surface area contributed by atoms with Gasteiger partial charge in [0, 0.05) is 30.6 Å². The van der Waals surface area contributed by atoms with E-state index in [1.54, 1.807) is 5.57 Å². The molecule has 0 fully saturated rings. The van der Waals surface area contributed by atoms with Crippen molar-refractivity contribution < 1.29 is 0 Å². The molecular weight excluding hydrogens is 470 g/mol. The molecule has 0 saturated heterocycles. The molecule has 1 heteroatoms. The number of benzene rings is 2. The monoisotopic (exact) mass is 521 g/mol. The van der Waals surface area contributed by atoms with Gasteiger partial charge < -0.3 is 4.90 Å². The Morgan fingerprint density at radius 3 is 2.08 bits per heavy atom. The summed E-state index contributed by atoms with van der Waals surface area (Å²) in [6.07, 6.45) is 9.17. The third-order valence-electron chi connectivity index (χ3n) is 7.66. The molecule has 2 aromatic carbocycles. The van der Waals surface area contributed by atoms with Crippen LogP contribution >= 0.6 is 0 Å². The first kappa shape index (κ1) is 31.9. The van der Waals surface area contributed by atoms with Crippen LogP contribution in [0, 0.1) is 18.8 Å². The van der Waals surface area contributed by atoms with Crippen LogP contribution in [0.2, 0.25) is 0 Å². The second-order valence-corrected chi connectivity index (χ2v) is 10.8. The predicted molar refractivity (Wildman–Crippen MR) is 176 cm³/mol. The van der Waals surface area contributed by atoms with Gasteiger partial charge in [-0.2, -0.15) is 0 Å². The minimum Gasteiger partial charge on any atom is -0.367 e. The lowest BCUT2D eigenvalue weighted by molar-refractivity contribution is 0.304. The van der Waals surface area contributed by atoms with E-state index in [1.807, 2.05) is 13.8 Å². The maximum Gasteiger partial charge on any atom is 0.0362 e. The quantitative estimate of drug-likeness (QED) is 0.270. The summed E-state index contributed by atoms with van der Waals surface area (Å²) in [4.78, 5) is 2.43. The van der Waals surface area contributed by atoms with Crippen molar-refractivity contribution in [3.8, 4) is 0 Å². The molecule has 0 aromatic heterocycles. The predicted octanol–water partition coefficient (Wildman–Crippen LogP) is 10.6. The zero-order chi connectivity index (χ0) is 29.1. The molecule has 0 amide bonds. The average Bonchev–Trinajstić information content (AvgIpc) is 2.94. The Morgan fingerprint density at radius 1 is 0.923 bits per heavy atom.